The first kappa shape index (κ1) is 13.7. The second-order valence-corrected chi connectivity index (χ2v) is 4.73. The highest BCUT2D eigenvalue weighted by molar-refractivity contribution is 5.97. The highest BCUT2D eigenvalue weighted by Gasteiger charge is 2.08. The van der Waals surface area contributed by atoms with Gasteiger partial charge in [-0.2, -0.15) is 0 Å². The van der Waals surface area contributed by atoms with Gasteiger partial charge in [0.05, 0.1) is 22.7 Å². The van der Waals surface area contributed by atoms with Crippen LogP contribution in [0.5, 0.6) is 0 Å². The minimum absolute atomic E-state index is 0.0205. The summed E-state index contributed by atoms with van der Waals surface area (Å²) in [5.41, 5.74) is 26.2. The van der Waals surface area contributed by atoms with Crippen molar-refractivity contribution in [2.75, 3.05) is 22.9 Å². The average Bonchev–Trinajstić information content (AvgIpc) is 2.43. The van der Waals surface area contributed by atoms with Crippen molar-refractivity contribution in [3.8, 4) is 0 Å². The molecular weight excluding hydrogens is 252 g/mol. The molecule has 0 heterocycles. The van der Waals surface area contributed by atoms with E-state index in [1.165, 1.54) is 0 Å². The third-order valence-electron chi connectivity index (χ3n) is 3.20. The lowest BCUT2D eigenvalue weighted by Crippen LogP contribution is -2.04. The van der Waals surface area contributed by atoms with Gasteiger partial charge in [-0.1, -0.05) is 6.07 Å². The number of nitrogens with two attached hydrogens (primary N) is 4. The summed E-state index contributed by atoms with van der Waals surface area (Å²) in [5.74, 6) is 0.0205. The fourth-order valence-corrected chi connectivity index (χ4v) is 1.93. The number of hydrogen-bond acceptors (Lipinski definition) is 5. The highest BCUT2D eigenvalue weighted by Crippen LogP contribution is 2.20. The number of carbonyl (C=O) groups excluding carboxylic acids is 1. The van der Waals surface area contributed by atoms with E-state index in [0.717, 1.165) is 5.56 Å². The van der Waals surface area contributed by atoms with Crippen molar-refractivity contribution in [2.24, 2.45) is 0 Å². The fraction of sp³-hybridized carbons (Fsp3) is 0.133. The highest BCUT2D eigenvalue weighted by atomic mass is 16.1. The molecule has 0 radical (unpaired) electrons. The first-order valence-electron chi connectivity index (χ1n) is 6.29. The van der Waals surface area contributed by atoms with Crippen molar-refractivity contribution in [3.05, 3.63) is 47.5 Å². The molecule has 5 heteroatoms. The summed E-state index contributed by atoms with van der Waals surface area (Å²) in [6.45, 7) is 0. The van der Waals surface area contributed by atoms with Crippen LogP contribution >= 0.6 is 0 Å². The molecule has 0 aliphatic rings. The summed E-state index contributed by atoms with van der Waals surface area (Å²) in [6.07, 6.45) is 0.986. The topological polar surface area (TPSA) is 121 Å². The molecule has 0 aromatic heterocycles. The average molecular weight is 270 g/mol. The number of rotatable bonds is 4. The molecule has 0 bridgehead atoms. The molecule has 2 aromatic carbocycles. The number of anilines is 4. The van der Waals surface area contributed by atoms with Crippen LogP contribution in [0.2, 0.25) is 0 Å². The largest absolute Gasteiger partial charge is 0.397 e. The predicted molar refractivity (Wildman–Crippen MR) is 83.2 cm³/mol. The molecule has 0 unspecified atom stereocenters. The maximum Gasteiger partial charge on any atom is 0.163 e. The molecule has 0 aliphatic carbocycles. The monoisotopic (exact) mass is 270 g/mol. The zero-order valence-electron chi connectivity index (χ0n) is 11.1. The van der Waals surface area contributed by atoms with Crippen LogP contribution in [0.1, 0.15) is 22.3 Å². The van der Waals surface area contributed by atoms with Gasteiger partial charge in [0.2, 0.25) is 0 Å². The summed E-state index contributed by atoms with van der Waals surface area (Å²) in [6, 6.07) is 10.3. The second kappa shape index (κ2) is 5.52. The molecule has 104 valence electrons. The molecular formula is C15H18N4O. The van der Waals surface area contributed by atoms with E-state index in [0.29, 0.717) is 41.2 Å². The van der Waals surface area contributed by atoms with Crippen LogP contribution in [0.25, 0.3) is 0 Å². The number of carbonyl (C=O) groups is 1. The van der Waals surface area contributed by atoms with Gasteiger partial charge in [-0.15, -0.1) is 0 Å². The lowest BCUT2D eigenvalue weighted by molar-refractivity contribution is 0.0983. The Balaban J connectivity index is 2.04. The van der Waals surface area contributed by atoms with Crippen molar-refractivity contribution >= 4 is 28.5 Å². The van der Waals surface area contributed by atoms with Crippen molar-refractivity contribution in [1.82, 2.24) is 0 Å². The summed E-state index contributed by atoms with van der Waals surface area (Å²) >= 11 is 0. The van der Waals surface area contributed by atoms with E-state index in [-0.39, 0.29) is 5.78 Å². The van der Waals surface area contributed by atoms with Crippen LogP contribution in [0.15, 0.2) is 36.4 Å². The van der Waals surface area contributed by atoms with Gasteiger partial charge < -0.3 is 22.9 Å². The van der Waals surface area contributed by atoms with Crippen molar-refractivity contribution in [2.45, 2.75) is 12.8 Å². The zero-order chi connectivity index (χ0) is 14.7. The first-order chi connectivity index (χ1) is 9.47. The molecule has 2 aromatic rings. The van der Waals surface area contributed by atoms with Crippen molar-refractivity contribution in [1.29, 1.82) is 0 Å². The lowest BCUT2D eigenvalue weighted by atomic mass is 10.0. The SMILES string of the molecule is Nc1ccc(CCC(=O)c2ccc(N)c(N)c2)cc1N. The van der Waals surface area contributed by atoms with Gasteiger partial charge in [0.1, 0.15) is 0 Å². The Hall–Kier alpha value is -2.69. The van der Waals surface area contributed by atoms with Gasteiger partial charge in [-0.3, -0.25) is 4.79 Å². The second-order valence-electron chi connectivity index (χ2n) is 4.73. The fourth-order valence-electron chi connectivity index (χ4n) is 1.93. The normalized spacial score (nSPS) is 10.4. The molecule has 2 rings (SSSR count). The van der Waals surface area contributed by atoms with Crippen LogP contribution < -0.4 is 22.9 Å². The molecule has 20 heavy (non-hydrogen) atoms. The zero-order valence-corrected chi connectivity index (χ0v) is 11.1. The van der Waals surface area contributed by atoms with E-state index in [4.69, 9.17) is 22.9 Å². The molecule has 0 spiro atoms. The van der Waals surface area contributed by atoms with Crippen LogP contribution in [0.3, 0.4) is 0 Å². The van der Waals surface area contributed by atoms with Gasteiger partial charge in [0, 0.05) is 12.0 Å². The Morgan fingerprint density at radius 1 is 0.800 bits per heavy atom. The maximum atomic E-state index is 12.1. The van der Waals surface area contributed by atoms with Gasteiger partial charge in [0.15, 0.2) is 5.78 Å². The van der Waals surface area contributed by atoms with Gasteiger partial charge in [0.25, 0.3) is 0 Å². The van der Waals surface area contributed by atoms with E-state index in [2.05, 4.69) is 0 Å². The number of nitrogen functional groups attached to an aromatic ring is 4. The smallest absolute Gasteiger partial charge is 0.163 e. The number of hydrogen-bond donors (Lipinski definition) is 4. The number of aryl methyl sites for hydroxylation is 1. The van der Waals surface area contributed by atoms with Crippen LogP contribution in [-0.2, 0) is 6.42 Å². The van der Waals surface area contributed by atoms with E-state index in [1.807, 2.05) is 6.07 Å². The Morgan fingerprint density at radius 3 is 2.00 bits per heavy atom. The van der Waals surface area contributed by atoms with Crippen LogP contribution in [0, 0.1) is 0 Å². The Labute approximate surface area is 117 Å². The Morgan fingerprint density at radius 2 is 1.40 bits per heavy atom. The molecule has 8 N–H and O–H groups in total. The minimum Gasteiger partial charge on any atom is -0.397 e. The number of ketones is 1. The Bertz CT molecular complexity index is 652. The summed E-state index contributed by atoms with van der Waals surface area (Å²) in [7, 11) is 0. The van der Waals surface area contributed by atoms with Crippen molar-refractivity contribution < 1.29 is 4.79 Å². The van der Waals surface area contributed by atoms with Crippen molar-refractivity contribution in [3.63, 3.8) is 0 Å². The molecule has 0 aliphatic heterocycles. The lowest BCUT2D eigenvalue weighted by Gasteiger charge is -2.06. The molecule has 0 saturated heterocycles. The van der Waals surface area contributed by atoms with Gasteiger partial charge in [-0.25, -0.2) is 0 Å². The van der Waals surface area contributed by atoms with Crippen LogP contribution in [0.4, 0.5) is 22.7 Å². The minimum atomic E-state index is 0.0205. The van der Waals surface area contributed by atoms with E-state index >= 15 is 0 Å². The van der Waals surface area contributed by atoms with Crippen LogP contribution in [-0.4, -0.2) is 5.78 Å². The van der Waals surface area contributed by atoms with E-state index < -0.39 is 0 Å². The maximum absolute atomic E-state index is 12.1. The third-order valence-corrected chi connectivity index (χ3v) is 3.20. The number of benzene rings is 2. The summed E-state index contributed by atoms with van der Waals surface area (Å²) in [4.78, 5) is 12.1. The van der Waals surface area contributed by atoms with E-state index in [1.54, 1.807) is 30.3 Å². The molecule has 0 saturated carbocycles. The molecule has 0 fully saturated rings. The molecule has 0 atom stereocenters. The number of Topliss-reactive ketones (excluding diaryl/α,β-unsaturated/α-hetero) is 1. The first-order valence-corrected chi connectivity index (χ1v) is 6.29. The quantitative estimate of drug-likeness (QED) is 0.499. The molecule has 0 amide bonds. The summed E-state index contributed by atoms with van der Waals surface area (Å²) in [5, 5.41) is 0. The van der Waals surface area contributed by atoms with E-state index in [9.17, 15) is 4.79 Å². The van der Waals surface area contributed by atoms with Gasteiger partial charge >= 0.3 is 0 Å². The predicted octanol–water partition coefficient (Wildman–Crippen LogP) is 1.83. The van der Waals surface area contributed by atoms with Gasteiger partial charge in [-0.05, 0) is 42.3 Å². The molecule has 5 nitrogen and oxygen atoms in total. The Kier molecular flexibility index (Phi) is 3.79. The standard InChI is InChI=1S/C15H18N4O/c16-11-4-1-9(7-13(11)18)2-6-15(20)10-3-5-12(17)14(19)8-10/h1,3-5,7-8H,2,6,16-19H2. The third kappa shape index (κ3) is 3.00. The summed E-state index contributed by atoms with van der Waals surface area (Å²) < 4.78 is 0.